The smallest absolute Gasteiger partial charge is 0.186 e. The molecule has 0 aromatic rings. The molecule has 0 bridgehead atoms. The van der Waals surface area contributed by atoms with Crippen molar-refractivity contribution in [3.63, 3.8) is 0 Å². The van der Waals surface area contributed by atoms with Crippen LogP contribution in [-0.4, -0.2) is 20.8 Å². The van der Waals surface area contributed by atoms with Crippen LogP contribution < -0.4 is 0 Å². The van der Waals surface area contributed by atoms with Gasteiger partial charge in [0.05, 0.1) is 0 Å². The van der Waals surface area contributed by atoms with Crippen LogP contribution in [0.25, 0.3) is 0 Å². The highest BCUT2D eigenvalue weighted by Crippen LogP contribution is 2.17. The quantitative estimate of drug-likeness (QED) is 0.307. The van der Waals surface area contributed by atoms with E-state index in [2.05, 4.69) is 20.0 Å². The highest BCUT2D eigenvalue weighted by Gasteiger charge is 2.20. The normalized spacial score (nSPS) is 12.0. The molecule has 1 nitrogen and oxygen atoms in total. The lowest BCUT2D eigenvalue weighted by atomic mass is 10.1. The summed E-state index contributed by atoms with van der Waals surface area (Å²) in [5, 5.41) is 0. The predicted octanol–water partition coefficient (Wildman–Crippen LogP) is 4.81. The number of halogens is 1. The van der Waals surface area contributed by atoms with Gasteiger partial charge in [0.25, 0.3) is 0 Å². The van der Waals surface area contributed by atoms with Gasteiger partial charge in [-0.2, -0.15) is 0 Å². The Labute approximate surface area is 102 Å². The molecule has 0 aromatic heterocycles. The van der Waals surface area contributed by atoms with E-state index in [1.807, 2.05) is 0 Å². The third-order valence-corrected chi connectivity index (χ3v) is 5.59. The fourth-order valence-corrected chi connectivity index (χ4v) is 4.03. The average molecular weight is 251 g/mol. The number of alkyl halides is 1. The second-order valence-corrected chi connectivity index (χ2v) is 9.44. The molecule has 0 aliphatic rings. The van der Waals surface area contributed by atoms with Gasteiger partial charge in [0.15, 0.2) is 8.32 Å². The second-order valence-electron chi connectivity index (χ2n) is 4.75. The van der Waals surface area contributed by atoms with Crippen LogP contribution in [0.2, 0.25) is 19.1 Å². The molecule has 0 unspecified atom stereocenters. The molecule has 0 N–H and O–H groups in total. The Morgan fingerprint density at radius 3 is 2.00 bits per heavy atom. The van der Waals surface area contributed by atoms with Crippen molar-refractivity contribution in [2.75, 3.05) is 12.5 Å². The summed E-state index contributed by atoms with van der Waals surface area (Å²) in [6.45, 7) is 7.63. The Kier molecular flexibility index (Phi) is 9.98. The summed E-state index contributed by atoms with van der Waals surface area (Å²) >= 11 is 5.63. The zero-order chi connectivity index (χ0) is 11.6. The van der Waals surface area contributed by atoms with E-state index in [1.54, 1.807) is 0 Å². The third-order valence-electron chi connectivity index (χ3n) is 2.70. The van der Waals surface area contributed by atoms with Crippen molar-refractivity contribution in [2.24, 2.45) is 0 Å². The van der Waals surface area contributed by atoms with E-state index in [1.165, 1.54) is 44.6 Å². The van der Waals surface area contributed by atoms with E-state index in [9.17, 15) is 0 Å². The summed E-state index contributed by atoms with van der Waals surface area (Å²) < 4.78 is 5.80. The minimum absolute atomic E-state index is 0.824. The molecule has 0 radical (unpaired) electrons. The van der Waals surface area contributed by atoms with Crippen molar-refractivity contribution in [3.8, 4) is 0 Å². The molecular formula is C12H27ClOSi. The minimum atomic E-state index is -1.30. The van der Waals surface area contributed by atoms with E-state index < -0.39 is 8.32 Å². The van der Waals surface area contributed by atoms with Crippen molar-refractivity contribution in [3.05, 3.63) is 0 Å². The van der Waals surface area contributed by atoms with Gasteiger partial charge < -0.3 is 4.43 Å². The minimum Gasteiger partial charge on any atom is -0.418 e. The molecule has 0 amide bonds. The highest BCUT2D eigenvalue weighted by atomic mass is 35.5. The molecule has 0 aromatic carbocycles. The Morgan fingerprint density at radius 2 is 1.47 bits per heavy atom. The molecule has 3 heteroatoms. The number of unbranched alkanes of at least 4 members (excludes halogenated alkanes) is 5. The van der Waals surface area contributed by atoms with E-state index in [-0.39, 0.29) is 0 Å². The second kappa shape index (κ2) is 9.68. The number of rotatable bonds is 10. The first-order valence-electron chi connectivity index (χ1n) is 6.32. The molecule has 0 aliphatic carbocycles. The Bertz CT molecular complexity index is 140. The number of hydrogen-bond acceptors (Lipinski definition) is 1. The van der Waals surface area contributed by atoms with Crippen molar-refractivity contribution < 1.29 is 4.43 Å². The fraction of sp³-hybridized carbons (Fsp3) is 1.00. The summed E-state index contributed by atoms with van der Waals surface area (Å²) in [5.41, 5.74) is 0. The predicted molar refractivity (Wildman–Crippen MR) is 72.3 cm³/mol. The lowest BCUT2D eigenvalue weighted by Crippen LogP contribution is -2.29. The van der Waals surface area contributed by atoms with Gasteiger partial charge in [-0.25, -0.2) is 0 Å². The monoisotopic (exact) mass is 250 g/mol. The number of hydrogen-bond donors (Lipinski definition) is 0. The summed E-state index contributed by atoms with van der Waals surface area (Å²) in [7, 11) is -1.30. The maximum Gasteiger partial charge on any atom is 0.186 e. The molecule has 0 spiro atoms. The van der Waals surface area contributed by atoms with Gasteiger partial charge in [0.2, 0.25) is 0 Å². The standard InChI is InChI=1S/C12H27ClOSi/c1-4-14-15(2,3)12-10-8-6-5-7-9-11-13/h4-12H2,1-3H3. The first-order chi connectivity index (χ1) is 7.12. The van der Waals surface area contributed by atoms with Gasteiger partial charge in [-0.3, -0.25) is 0 Å². The fourth-order valence-electron chi connectivity index (χ4n) is 1.82. The molecule has 92 valence electrons. The van der Waals surface area contributed by atoms with Gasteiger partial charge in [-0.05, 0) is 32.5 Å². The molecule has 0 fully saturated rings. The van der Waals surface area contributed by atoms with E-state index in [4.69, 9.17) is 16.0 Å². The van der Waals surface area contributed by atoms with Crippen molar-refractivity contribution in [1.82, 2.24) is 0 Å². The average Bonchev–Trinajstić information content (AvgIpc) is 2.16. The van der Waals surface area contributed by atoms with Crippen LogP contribution in [0.5, 0.6) is 0 Å². The summed E-state index contributed by atoms with van der Waals surface area (Å²) in [6.07, 6.45) is 7.92. The van der Waals surface area contributed by atoms with Crippen LogP contribution in [0.3, 0.4) is 0 Å². The van der Waals surface area contributed by atoms with Crippen LogP contribution >= 0.6 is 11.6 Å². The Balaban J connectivity index is 3.22. The van der Waals surface area contributed by atoms with E-state index in [0.29, 0.717) is 0 Å². The lowest BCUT2D eigenvalue weighted by molar-refractivity contribution is 0.327. The molecule has 15 heavy (non-hydrogen) atoms. The van der Waals surface area contributed by atoms with Gasteiger partial charge in [0.1, 0.15) is 0 Å². The largest absolute Gasteiger partial charge is 0.418 e. The van der Waals surface area contributed by atoms with Crippen LogP contribution in [0, 0.1) is 0 Å². The van der Waals surface area contributed by atoms with Crippen molar-refractivity contribution >= 4 is 19.9 Å². The van der Waals surface area contributed by atoms with E-state index >= 15 is 0 Å². The first-order valence-corrected chi connectivity index (χ1v) is 9.97. The molecule has 0 rings (SSSR count). The van der Waals surface area contributed by atoms with Crippen LogP contribution in [0.1, 0.15) is 45.4 Å². The zero-order valence-corrected chi connectivity index (χ0v) is 12.4. The molecule has 0 aliphatic heterocycles. The summed E-state index contributed by atoms with van der Waals surface area (Å²) in [4.78, 5) is 0. The zero-order valence-electron chi connectivity index (χ0n) is 10.7. The van der Waals surface area contributed by atoms with Crippen LogP contribution in [0.4, 0.5) is 0 Å². The maximum absolute atomic E-state index is 5.80. The summed E-state index contributed by atoms with van der Waals surface area (Å²) in [6, 6.07) is 1.32. The van der Waals surface area contributed by atoms with Gasteiger partial charge in [-0.1, -0.05) is 32.1 Å². The van der Waals surface area contributed by atoms with Gasteiger partial charge in [-0.15, -0.1) is 11.6 Å². The topological polar surface area (TPSA) is 9.23 Å². The molecule has 0 heterocycles. The van der Waals surface area contributed by atoms with Gasteiger partial charge >= 0.3 is 0 Å². The van der Waals surface area contributed by atoms with E-state index in [0.717, 1.165) is 12.5 Å². The Morgan fingerprint density at radius 1 is 0.933 bits per heavy atom. The van der Waals surface area contributed by atoms with Crippen LogP contribution in [0.15, 0.2) is 0 Å². The maximum atomic E-state index is 5.80. The van der Waals surface area contributed by atoms with Gasteiger partial charge in [0, 0.05) is 12.5 Å². The lowest BCUT2D eigenvalue weighted by Gasteiger charge is -2.21. The molecule has 0 saturated carbocycles. The highest BCUT2D eigenvalue weighted by molar-refractivity contribution is 6.71. The van der Waals surface area contributed by atoms with Crippen molar-refractivity contribution in [1.29, 1.82) is 0 Å². The Hall–Kier alpha value is 0.467. The molecule has 0 atom stereocenters. The SMILES string of the molecule is CCO[Si](C)(C)CCCCCCCCCl. The molecular weight excluding hydrogens is 224 g/mol. The first kappa shape index (κ1) is 15.5. The van der Waals surface area contributed by atoms with Crippen LogP contribution in [-0.2, 0) is 4.43 Å². The van der Waals surface area contributed by atoms with Crippen molar-refractivity contribution in [2.45, 2.75) is 64.6 Å². The summed E-state index contributed by atoms with van der Waals surface area (Å²) in [5.74, 6) is 0.824. The molecule has 0 saturated heterocycles. The third kappa shape index (κ3) is 10.7.